The van der Waals surface area contributed by atoms with Crippen LogP contribution in [0.25, 0.3) is 0 Å². The minimum absolute atomic E-state index is 0.0894. The molecule has 3 N–H and O–H groups in total. The monoisotopic (exact) mass is 276 g/mol. The van der Waals surface area contributed by atoms with Gasteiger partial charge in [0.15, 0.2) is 0 Å². The molecule has 2 atom stereocenters. The molecular weight excluding hydrogens is 252 g/mol. The summed E-state index contributed by atoms with van der Waals surface area (Å²) >= 11 is 0. The van der Waals surface area contributed by atoms with Crippen LogP contribution >= 0.6 is 0 Å². The molecule has 0 aromatic heterocycles. The quantitative estimate of drug-likeness (QED) is 0.856. The summed E-state index contributed by atoms with van der Waals surface area (Å²) in [6, 6.07) is 9.11. The summed E-state index contributed by atoms with van der Waals surface area (Å²) in [7, 11) is 0. The molecule has 2 fully saturated rings. The van der Waals surface area contributed by atoms with Gasteiger partial charge in [-0.3, -0.25) is 4.90 Å². The second-order valence-electron chi connectivity index (χ2n) is 5.94. The van der Waals surface area contributed by atoms with Crippen molar-refractivity contribution in [2.24, 2.45) is 5.73 Å². The summed E-state index contributed by atoms with van der Waals surface area (Å²) in [6.45, 7) is 2.24. The Hall–Kier alpha value is -1.10. The predicted octanol–water partition coefficient (Wildman–Crippen LogP) is 1.51. The minimum atomic E-state index is -0.0894. The van der Waals surface area contributed by atoms with E-state index in [2.05, 4.69) is 4.90 Å². The largest absolute Gasteiger partial charge is 0.492 e. The molecule has 2 heterocycles. The van der Waals surface area contributed by atoms with E-state index in [0.29, 0.717) is 25.2 Å². The average Bonchev–Trinajstić information content (AvgIpc) is 2.70. The second kappa shape index (κ2) is 6.12. The van der Waals surface area contributed by atoms with Crippen molar-refractivity contribution in [3.8, 4) is 5.75 Å². The Balaban J connectivity index is 1.48. The van der Waals surface area contributed by atoms with Gasteiger partial charge >= 0.3 is 0 Å². The molecule has 1 aromatic rings. The summed E-state index contributed by atoms with van der Waals surface area (Å²) in [5.74, 6) is 0.909. The van der Waals surface area contributed by atoms with E-state index in [-0.39, 0.29) is 6.10 Å². The van der Waals surface area contributed by atoms with E-state index >= 15 is 0 Å². The van der Waals surface area contributed by atoms with Crippen molar-refractivity contribution >= 4 is 0 Å². The summed E-state index contributed by atoms with van der Waals surface area (Å²) in [5, 5.41) is 9.79. The molecule has 0 aliphatic carbocycles. The van der Waals surface area contributed by atoms with Crippen LogP contribution < -0.4 is 10.5 Å². The third kappa shape index (κ3) is 2.97. The van der Waals surface area contributed by atoms with Gasteiger partial charge < -0.3 is 15.6 Å². The fourth-order valence-electron chi connectivity index (χ4n) is 3.60. The van der Waals surface area contributed by atoms with E-state index in [4.69, 9.17) is 10.5 Å². The van der Waals surface area contributed by atoms with Gasteiger partial charge in [0, 0.05) is 25.2 Å². The van der Waals surface area contributed by atoms with Crippen molar-refractivity contribution in [3.05, 3.63) is 29.8 Å². The number of nitrogens with two attached hydrogens (primary N) is 1. The minimum Gasteiger partial charge on any atom is -0.492 e. The number of rotatable bonds is 5. The summed E-state index contributed by atoms with van der Waals surface area (Å²) in [5.41, 5.74) is 6.70. The van der Waals surface area contributed by atoms with Crippen molar-refractivity contribution in [2.75, 3.05) is 13.2 Å². The van der Waals surface area contributed by atoms with Crippen LogP contribution in [-0.2, 0) is 6.54 Å². The summed E-state index contributed by atoms with van der Waals surface area (Å²) in [4.78, 5) is 2.53. The zero-order valence-electron chi connectivity index (χ0n) is 11.9. The number of hydrogen-bond acceptors (Lipinski definition) is 4. The molecule has 1 aromatic carbocycles. The van der Waals surface area contributed by atoms with Crippen LogP contribution in [0.15, 0.2) is 24.3 Å². The van der Waals surface area contributed by atoms with Crippen LogP contribution in [0.3, 0.4) is 0 Å². The Morgan fingerprint density at radius 2 is 1.80 bits per heavy atom. The molecule has 2 saturated heterocycles. The molecule has 2 unspecified atom stereocenters. The number of benzene rings is 1. The lowest BCUT2D eigenvalue weighted by Gasteiger charge is -2.36. The highest BCUT2D eigenvalue weighted by Crippen LogP contribution is 2.35. The van der Waals surface area contributed by atoms with Gasteiger partial charge in [0.2, 0.25) is 0 Å². The summed E-state index contributed by atoms with van der Waals surface area (Å²) in [6.07, 6.45) is 4.23. The maximum Gasteiger partial charge on any atom is 0.119 e. The number of aliphatic hydroxyl groups is 1. The molecule has 4 heteroatoms. The first kappa shape index (κ1) is 13.9. The number of nitrogens with zero attached hydrogens (tertiary/aromatic N) is 1. The third-order valence-electron chi connectivity index (χ3n) is 4.64. The van der Waals surface area contributed by atoms with E-state index in [1.807, 2.05) is 24.3 Å². The highest BCUT2D eigenvalue weighted by molar-refractivity contribution is 5.27. The number of piperidine rings is 1. The van der Waals surface area contributed by atoms with Crippen LogP contribution in [0.2, 0.25) is 0 Å². The normalized spacial score (nSPS) is 29.6. The first-order valence-electron chi connectivity index (χ1n) is 7.62. The van der Waals surface area contributed by atoms with Gasteiger partial charge in [-0.25, -0.2) is 0 Å². The van der Waals surface area contributed by atoms with Crippen molar-refractivity contribution in [1.29, 1.82) is 0 Å². The molecule has 2 aliphatic heterocycles. The van der Waals surface area contributed by atoms with E-state index in [0.717, 1.165) is 30.7 Å². The lowest BCUT2D eigenvalue weighted by Crippen LogP contribution is -2.46. The Morgan fingerprint density at radius 1 is 1.15 bits per heavy atom. The van der Waals surface area contributed by atoms with Crippen LogP contribution in [0.4, 0.5) is 0 Å². The number of hydrogen-bond donors (Lipinski definition) is 2. The molecule has 2 aliphatic rings. The topological polar surface area (TPSA) is 58.7 Å². The fraction of sp³-hybridized carbons (Fsp3) is 0.625. The second-order valence-corrected chi connectivity index (χ2v) is 5.94. The zero-order chi connectivity index (χ0) is 13.9. The summed E-state index contributed by atoms with van der Waals surface area (Å²) < 4.78 is 5.81. The standard InChI is InChI=1S/C16H24N2O2/c17-11-12-1-5-16(6-2-12)20-8-7-18-13-3-4-14(18)10-15(19)9-13/h1-2,5-6,13-15,19H,3-4,7-11,17H2. The smallest absolute Gasteiger partial charge is 0.119 e. The van der Waals surface area contributed by atoms with Crippen molar-refractivity contribution in [2.45, 2.75) is 50.4 Å². The first-order chi connectivity index (χ1) is 9.76. The van der Waals surface area contributed by atoms with Gasteiger partial charge in [-0.05, 0) is 43.4 Å². The number of ether oxygens (including phenoxy) is 1. The van der Waals surface area contributed by atoms with E-state index in [1.54, 1.807) is 0 Å². The van der Waals surface area contributed by atoms with Crippen LogP contribution in [0, 0.1) is 0 Å². The van der Waals surface area contributed by atoms with Gasteiger partial charge in [0.05, 0.1) is 6.10 Å². The number of aliphatic hydroxyl groups excluding tert-OH is 1. The van der Waals surface area contributed by atoms with Gasteiger partial charge in [0.1, 0.15) is 12.4 Å². The molecule has 2 bridgehead atoms. The Bertz CT molecular complexity index is 421. The van der Waals surface area contributed by atoms with E-state index in [1.165, 1.54) is 12.8 Å². The molecule has 0 amide bonds. The average molecular weight is 276 g/mol. The van der Waals surface area contributed by atoms with Gasteiger partial charge in [-0.15, -0.1) is 0 Å². The molecule has 110 valence electrons. The van der Waals surface area contributed by atoms with Crippen LogP contribution in [0.5, 0.6) is 5.75 Å². The van der Waals surface area contributed by atoms with E-state index in [9.17, 15) is 5.11 Å². The van der Waals surface area contributed by atoms with Gasteiger partial charge in [-0.2, -0.15) is 0 Å². The third-order valence-corrected chi connectivity index (χ3v) is 4.64. The zero-order valence-corrected chi connectivity index (χ0v) is 11.9. The van der Waals surface area contributed by atoms with E-state index < -0.39 is 0 Å². The molecule has 0 saturated carbocycles. The lowest BCUT2D eigenvalue weighted by atomic mass is 10.0. The Labute approximate surface area is 120 Å². The maximum atomic E-state index is 9.79. The SMILES string of the molecule is NCc1ccc(OCCN2C3CCC2CC(O)C3)cc1. The highest BCUT2D eigenvalue weighted by atomic mass is 16.5. The fourth-order valence-corrected chi connectivity index (χ4v) is 3.60. The first-order valence-corrected chi connectivity index (χ1v) is 7.62. The van der Waals surface area contributed by atoms with Gasteiger partial charge in [0.25, 0.3) is 0 Å². The van der Waals surface area contributed by atoms with Crippen LogP contribution in [-0.4, -0.2) is 41.3 Å². The predicted molar refractivity (Wildman–Crippen MR) is 78.6 cm³/mol. The van der Waals surface area contributed by atoms with Crippen molar-refractivity contribution in [3.63, 3.8) is 0 Å². The molecule has 0 radical (unpaired) electrons. The molecular formula is C16H24N2O2. The Kier molecular flexibility index (Phi) is 4.24. The molecule has 4 nitrogen and oxygen atoms in total. The Morgan fingerprint density at radius 3 is 2.40 bits per heavy atom. The highest BCUT2D eigenvalue weighted by Gasteiger charge is 2.39. The van der Waals surface area contributed by atoms with Crippen molar-refractivity contribution in [1.82, 2.24) is 4.90 Å². The maximum absolute atomic E-state index is 9.79. The number of fused-ring (bicyclic) bond motifs is 2. The van der Waals surface area contributed by atoms with Crippen molar-refractivity contribution < 1.29 is 9.84 Å². The molecule has 0 spiro atoms. The van der Waals surface area contributed by atoms with Crippen LogP contribution in [0.1, 0.15) is 31.2 Å². The lowest BCUT2D eigenvalue weighted by molar-refractivity contribution is 0.0288. The van der Waals surface area contributed by atoms with Gasteiger partial charge in [-0.1, -0.05) is 12.1 Å². The molecule has 20 heavy (non-hydrogen) atoms. The molecule has 3 rings (SSSR count).